The van der Waals surface area contributed by atoms with E-state index in [1.807, 2.05) is 10.9 Å². The van der Waals surface area contributed by atoms with Crippen LogP contribution in [0.4, 0.5) is 18.0 Å². The molecule has 0 unspecified atom stereocenters. The van der Waals surface area contributed by atoms with E-state index in [9.17, 15) is 22.8 Å². The van der Waals surface area contributed by atoms with Gasteiger partial charge in [0.2, 0.25) is 0 Å². The van der Waals surface area contributed by atoms with Crippen molar-refractivity contribution in [2.75, 3.05) is 13.2 Å². The standard InChI is InChI=1S/C9H15F3N2O4/c1-8(2,3)18-7(16)14-13-6(15)4-17-5-9(10,11)12/h4-5H2,1-3H3,(H,13,15)(H,14,16). The monoisotopic (exact) mass is 272 g/mol. The smallest absolute Gasteiger partial charge is 0.426 e. The Morgan fingerprint density at radius 1 is 1.11 bits per heavy atom. The third kappa shape index (κ3) is 11.0. The van der Waals surface area contributed by atoms with Gasteiger partial charge in [-0.25, -0.2) is 10.2 Å². The lowest BCUT2D eigenvalue weighted by atomic mass is 10.2. The van der Waals surface area contributed by atoms with Gasteiger partial charge in [-0.15, -0.1) is 0 Å². The fourth-order valence-corrected chi connectivity index (χ4v) is 0.720. The average Bonchev–Trinajstić information content (AvgIpc) is 2.09. The molecule has 2 amide bonds. The van der Waals surface area contributed by atoms with Crippen molar-refractivity contribution in [2.45, 2.75) is 32.5 Å². The van der Waals surface area contributed by atoms with Crippen LogP contribution < -0.4 is 10.9 Å². The number of alkyl halides is 3. The number of hydrazine groups is 1. The topological polar surface area (TPSA) is 76.7 Å². The number of hydrogen-bond acceptors (Lipinski definition) is 4. The third-order valence-electron chi connectivity index (χ3n) is 1.20. The lowest BCUT2D eigenvalue weighted by molar-refractivity contribution is -0.175. The molecule has 0 aliphatic carbocycles. The highest BCUT2D eigenvalue weighted by Gasteiger charge is 2.27. The molecule has 0 aliphatic rings. The maximum Gasteiger partial charge on any atom is 0.426 e. The summed E-state index contributed by atoms with van der Waals surface area (Å²) < 4.78 is 43.8. The van der Waals surface area contributed by atoms with E-state index >= 15 is 0 Å². The van der Waals surface area contributed by atoms with Gasteiger partial charge in [-0.1, -0.05) is 0 Å². The fraction of sp³-hybridized carbons (Fsp3) is 0.778. The maximum atomic E-state index is 11.7. The van der Waals surface area contributed by atoms with Crippen molar-refractivity contribution in [3.8, 4) is 0 Å². The minimum Gasteiger partial charge on any atom is -0.443 e. The van der Waals surface area contributed by atoms with E-state index in [4.69, 9.17) is 4.74 Å². The molecular weight excluding hydrogens is 257 g/mol. The van der Waals surface area contributed by atoms with E-state index < -0.39 is 37.0 Å². The van der Waals surface area contributed by atoms with Gasteiger partial charge in [-0.05, 0) is 20.8 Å². The lowest BCUT2D eigenvalue weighted by Crippen LogP contribution is -2.45. The van der Waals surface area contributed by atoms with Crippen molar-refractivity contribution >= 4 is 12.0 Å². The first-order valence-electron chi connectivity index (χ1n) is 4.92. The summed E-state index contributed by atoms with van der Waals surface area (Å²) in [6, 6.07) is 0. The Balaban J connectivity index is 3.75. The number of nitrogens with one attached hydrogen (secondary N) is 2. The molecule has 0 aromatic carbocycles. The van der Waals surface area contributed by atoms with Gasteiger partial charge in [0.25, 0.3) is 5.91 Å². The van der Waals surface area contributed by atoms with Crippen LogP contribution in [0.25, 0.3) is 0 Å². The Kier molecular flexibility index (Phi) is 5.89. The molecule has 0 spiro atoms. The summed E-state index contributed by atoms with van der Waals surface area (Å²) in [5, 5.41) is 0. The molecule has 0 rings (SSSR count). The van der Waals surface area contributed by atoms with Crippen molar-refractivity contribution in [1.82, 2.24) is 10.9 Å². The van der Waals surface area contributed by atoms with Gasteiger partial charge in [0.1, 0.15) is 18.8 Å². The highest BCUT2D eigenvalue weighted by Crippen LogP contribution is 2.13. The molecule has 0 aromatic heterocycles. The summed E-state index contributed by atoms with van der Waals surface area (Å²) in [4.78, 5) is 22.0. The molecule has 106 valence electrons. The molecule has 0 saturated heterocycles. The van der Waals surface area contributed by atoms with Gasteiger partial charge in [0.05, 0.1) is 0 Å². The Hall–Kier alpha value is -1.51. The summed E-state index contributed by atoms with van der Waals surface area (Å²) in [7, 11) is 0. The highest BCUT2D eigenvalue weighted by atomic mass is 19.4. The van der Waals surface area contributed by atoms with Crippen molar-refractivity contribution in [2.24, 2.45) is 0 Å². The zero-order valence-electron chi connectivity index (χ0n) is 10.2. The Morgan fingerprint density at radius 3 is 2.11 bits per heavy atom. The Labute approximate surface area is 102 Å². The SMILES string of the molecule is CC(C)(C)OC(=O)NNC(=O)COCC(F)(F)F. The largest absolute Gasteiger partial charge is 0.443 e. The second-order valence-corrected chi connectivity index (χ2v) is 4.28. The van der Waals surface area contributed by atoms with Crippen LogP contribution in [0.15, 0.2) is 0 Å². The van der Waals surface area contributed by atoms with Crippen molar-refractivity contribution in [3.05, 3.63) is 0 Å². The predicted molar refractivity (Wildman–Crippen MR) is 54.4 cm³/mol. The van der Waals surface area contributed by atoms with E-state index in [2.05, 4.69) is 4.74 Å². The number of carbonyl (C=O) groups excluding carboxylic acids is 2. The van der Waals surface area contributed by atoms with Crippen LogP contribution in [-0.4, -0.2) is 37.0 Å². The average molecular weight is 272 g/mol. The molecule has 0 aliphatic heterocycles. The van der Waals surface area contributed by atoms with Crippen LogP contribution in [0, 0.1) is 0 Å². The number of ether oxygens (including phenoxy) is 2. The van der Waals surface area contributed by atoms with Crippen LogP contribution in [0.2, 0.25) is 0 Å². The normalized spacial score (nSPS) is 11.9. The first-order valence-corrected chi connectivity index (χ1v) is 4.92. The molecule has 9 heteroatoms. The second kappa shape index (κ2) is 6.43. The van der Waals surface area contributed by atoms with Gasteiger partial charge >= 0.3 is 12.3 Å². The summed E-state index contributed by atoms with van der Waals surface area (Å²) in [6.45, 7) is 2.48. The first-order chi connectivity index (χ1) is 7.99. The van der Waals surface area contributed by atoms with Crippen LogP contribution in [0.3, 0.4) is 0 Å². The van der Waals surface area contributed by atoms with Gasteiger partial charge in [0.15, 0.2) is 0 Å². The minimum atomic E-state index is -4.50. The second-order valence-electron chi connectivity index (χ2n) is 4.28. The molecule has 0 heterocycles. The zero-order valence-corrected chi connectivity index (χ0v) is 10.2. The Morgan fingerprint density at radius 2 is 1.67 bits per heavy atom. The van der Waals surface area contributed by atoms with E-state index in [0.29, 0.717) is 0 Å². The molecule has 0 saturated carbocycles. The number of carbonyl (C=O) groups is 2. The van der Waals surface area contributed by atoms with Gasteiger partial charge in [-0.3, -0.25) is 10.2 Å². The summed E-state index contributed by atoms with van der Waals surface area (Å²) in [5.74, 6) is -0.926. The lowest BCUT2D eigenvalue weighted by Gasteiger charge is -2.19. The van der Waals surface area contributed by atoms with E-state index in [0.717, 1.165) is 0 Å². The van der Waals surface area contributed by atoms with Crippen molar-refractivity contribution in [3.63, 3.8) is 0 Å². The van der Waals surface area contributed by atoms with Crippen LogP contribution in [0.1, 0.15) is 20.8 Å². The van der Waals surface area contributed by atoms with E-state index in [1.54, 1.807) is 20.8 Å². The van der Waals surface area contributed by atoms with Crippen molar-refractivity contribution < 1.29 is 32.2 Å². The number of halogens is 3. The number of hydrogen-bond donors (Lipinski definition) is 2. The third-order valence-corrected chi connectivity index (χ3v) is 1.20. The molecule has 0 atom stereocenters. The summed E-state index contributed by atoms with van der Waals surface area (Å²) in [6.07, 6.45) is -5.43. The Bertz CT molecular complexity index is 299. The zero-order chi connectivity index (χ0) is 14.4. The molecule has 18 heavy (non-hydrogen) atoms. The van der Waals surface area contributed by atoms with Gasteiger partial charge < -0.3 is 9.47 Å². The summed E-state index contributed by atoms with van der Waals surface area (Å²) >= 11 is 0. The number of amides is 2. The first kappa shape index (κ1) is 16.5. The van der Waals surface area contributed by atoms with Crippen molar-refractivity contribution in [1.29, 1.82) is 0 Å². The molecule has 6 nitrogen and oxygen atoms in total. The quantitative estimate of drug-likeness (QED) is 0.755. The summed E-state index contributed by atoms with van der Waals surface area (Å²) in [5.41, 5.74) is 2.95. The van der Waals surface area contributed by atoms with Crippen LogP contribution in [-0.2, 0) is 14.3 Å². The maximum absolute atomic E-state index is 11.7. The van der Waals surface area contributed by atoms with Crippen LogP contribution >= 0.6 is 0 Å². The van der Waals surface area contributed by atoms with E-state index in [1.165, 1.54) is 0 Å². The van der Waals surface area contributed by atoms with Crippen LogP contribution in [0.5, 0.6) is 0 Å². The van der Waals surface area contributed by atoms with Gasteiger partial charge in [0, 0.05) is 0 Å². The molecule has 0 fully saturated rings. The predicted octanol–water partition coefficient (Wildman–Crippen LogP) is 1.12. The minimum absolute atomic E-state index is 0.748. The molecule has 2 N–H and O–H groups in total. The number of rotatable bonds is 3. The molecule has 0 aromatic rings. The molecular formula is C9H15F3N2O4. The van der Waals surface area contributed by atoms with E-state index in [-0.39, 0.29) is 0 Å². The highest BCUT2D eigenvalue weighted by molar-refractivity contribution is 5.80. The fourth-order valence-electron chi connectivity index (χ4n) is 0.720. The van der Waals surface area contributed by atoms with Gasteiger partial charge in [-0.2, -0.15) is 13.2 Å². The molecule has 0 bridgehead atoms. The molecule has 0 radical (unpaired) electrons.